The highest BCUT2D eigenvalue weighted by molar-refractivity contribution is 7.17. The maximum Gasteiger partial charge on any atom is 0.263 e. The first-order chi connectivity index (χ1) is 12.6. The van der Waals surface area contributed by atoms with Gasteiger partial charge in [-0.3, -0.25) is 4.79 Å². The summed E-state index contributed by atoms with van der Waals surface area (Å²) in [5.74, 6) is -0.0347. The molecule has 0 unspecified atom stereocenters. The number of ether oxygens (including phenoxy) is 1. The van der Waals surface area contributed by atoms with Gasteiger partial charge in [0, 0.05) is 13.1 Å². The highest BCUT2D eigenvalue weighted by atomic mass is 32.1. The van der Waals surface area contributed by atoms with E-state index in [1.807, 2.05) is 13.8 Å². The largest absolute Gasteiger partial charge is 0.378 e. The average Bonchev–Trinajstić information content (AvgIpc) is 3.28. The van der Waals surface area contributed by atoms with E-state index in [2.05, 4.69) is 33.4 Å². The Kier molecular flexibility index (Phi) is 4.96. The van der Waals surface area contributed by atoms with Crippen LogP contribution in [0.5, 0.6) is 0 Å². The van der Waals surface area contributed by atoms with Crippen LogP contribution in [0, 0.1) is 6.92 Å². The number of rotatable bonds is 4. The van der Waals surface area contributed by atoms with Crippen molar-refractivity contribution in [2.75, 3.05) is 31.2 Å². The predicted molar refractivity (Wildman–Crippen MR) is 104 cm³/mol. The Morgan fingerprint density at radius 1 is 1.27 bits per heavy atom. The Hall–Kier alpha value is -1.92. The van der Waals surface area contributed by atoms with Crippen molar-refractivity contribution in [2.45, 2.75) is 39.2 Å². The molecule has 2 aromatic rings. The molecule has 0 bridgehead atoms. The number of amides is 1. The van der Waals surface area contributed by atoms with Crippen LogP contribution in [-0.4, -0.2) is 37.2 Å². The fraction of sp³-hybridized carbons (Fsp3) is 0.500. The van der Waals surface area contributed by atoms with Crippen molar-refractivity contribution < 1.29 is 9.53 Å². The van der Waals surface area contributed by atoms with Crippen LogP contribution in [0.25, 0.3) is 0 Å². The SMILES string of the molecule is Cc1nc(N2CCOCC2)sc1C(=O)N[C@H](C)c1ccc2c(c1)CCC2. The standard InChI is InChI=1S/C20H25N3O2S/c1-13(16-7-6-15-4-3-5-17(15)12-16)21-19(24)18-14(2)22-20(26-18)23-8-10-25-11-9-23/h6-7,12-13H,3-5,8-11H2,1-2H3,(H,21,24)/t13-/m1/s1. The van der Waals surface area contributed by atoms with Gasteiger partial charge >= 0.3 is 0 Å². The van der Waals surface area contributed by atoms with Crippen molar-refractivity contribution in [2.24, 2.45) is 0 Å². The van der Waals surface area contributed by atoms with Gasteiger partial charge in [0.2, 0.25) is 0 Å². The molecule has 0 radical (unpaired) electrons. The number of fused-ring (bicyclic) bond motifs is 1. The van der Waals surface area contributed by atoms with E-state index < -0.39 is 0 Å². The number of hydrogen-bond donors (Lipinski definition) is 1. The predicted octanol–water partition coefficient (Wildman–Crippen LogP) is 3.27. The van der Waals surface area contributed by atoms with E-state index in [-0.39, 0.29) is 11.9 Å². The third kappa shape index (κ3) is 3.48. The second kappa shape index (κ2) is 7.37. The monoisotopic (exact) mass is 371 g/mol. The molecule has 4 rings (SSSR count). The molecule has 1 aromatic carbocycles. The molecule has 2 heterocycles. The van der Waals surface area contributed by atoms with Gasteiger partial charge in [0.1, 0.15) is 4.88 Å². The Labute approximate surface area is 158 Å². The van der Waals surface area contributed by atoms with E-state index in [0.717, 1.165) is 43.5 Å². The molecule has 0 spiro atoms. The first-order valence-corrected chi connectivity index (χ1v) is 10.2. The molecule has 138 valence electrons. The van der Waals surface area contributed by atoms with Crippen molar-refractivity contribution in [3.05, 3.63) is 45.5 Å². The van der Waals surface area contributed by atoms with E-state index in [1.54, 1.807) is 0 Å². The molecule has 1 fully saturated rings. The maximum atomic E-state index is 12.8. The number of benzene rings is 1. The Bertz CT molecular complexity index is 811. The lowest BCUT2D eigenvalue weighted by molar-refractivity contribution is 0.0943. The molecular weight excluding hydrogens is 346 g/mol. The third-order valence-electron chi connectivity index (χ3n) is 5.24. The molecule has 0 saturated carbocycles. The summed E-state index contributed by atoms with van der Waals surface area (Å²) in [6, 6.07) is 6.61. The van der Waals surface area contributed by atoms with Crippen LogP contribution in [0.2, 0.25) is 0 Å². The van der Waals surface area contributed by atoms with Crippen molar-refractivity contribution in [3.63, 3.8) is 0 Å². The molecule has 6 heteroatoms. The van der Waals surface area contributed by atoms with Gasteiger partial charge in [-0.1, -0.05) is 29.5 Å². The fourth-order valence-corrected chi connectivity index (χ4v) is 4.71. The molecule has 5 nitrogen and oxygen atoms in total. The molecule has 26 heavy (non-hydrogen) atoms. The first-order valence-electron chi connectivity index (χ1n) is 9.34. The topological polar surface area (TPSA) is 54.5 Å². The Balaban J connectivity index is 1.46. The van der Waals surface area contributed by atoms with Crippen LogP contribution in [-0.2, 0) is 17.6 Å². The zero-order valence-electron chi connectivity index (χ0n) is 15.4. The molecule has 1 atom stereocenters. The van der Waals surface area contributed by atoms with Crippen molar-refractivity contribution in [1.29, 1.82) is 0 Å². The highest BCUT2D eigenvalue weighted by Gasteiger charge is 2.22. The zero-order chi connectivity index (χ0) is 18.1. The normalized spacial score (nSPS) is 17.8. The van der Waals surface area contributed by atoms with E-state index in [4.69, 9.17) is 4.74 Å². The first kappa shape index (κ1) is 17.5. The van der Waals surface area contributed by atoms with Crippen LogP contribution in [0.4, 0.5) is 5.13 Å². The molecule has 1 saturated heterocycles. The summed E-state index contributed by atoms with van der Waals surface area (Å²) >= 11 is 1.48. The maximum absolute atomic E-state index is 12.8. The number of thiazole rings is 1. The minimum atomic E-state index is -0.0347. The summed E-state index contributed by atoms with van der Waals surface area (Å²) in [6.07, 6.45) is 3.57. The smallest absolute Gasteiger partial charge is 0.263 e. The lowest BCUT2D eigenvalue weighted by Crippen LogP contribution is -2.36. The molecule has 2 aliphatic rings. The molecule has 1 N–H and O–H groups in total. The number of carbonyl (C=O) groups excluding carboxylic acids is 1. The fourth-order valence-electron chi connectivity index (χ4n) is 3.69. The summed E-state index contributed by atoms with van der Waals surface area (Å²) in [5, 5.41) is 4.07. The van der Waals surface area contributed by atoms with Gasteiger partial charge in [-0.05, 0) is 49.8 Å². The highest BCUT2D eigenvalue weighted by Crippen LogP contribution is 2.28. The number of aryl methyl sites for hydroxylation is 3. The van der Waals surface area contributed by atoms with Crippen LogP contribution in [0.15, 0.2) is 18.2 Å². The minimum absolute atomic E-state index is 0.0123. The van der Waals surface area contributed by atoms with Gasteiger partial charge in [0.25, 0.3) is 5.91 Å². The van der Waals surface area contributed by atoms with E-state index in [1.165, 1.54) is 40.9 Å². The van der Waals surface area contributed by atoms with E-state index in [9.17, 15) is 4.79 Å². The number of carbonyl (C=O) groups is 1. The minimum Gasteiger partial charge on any atom is -0.378 e. The summed E-state index contributed by atoms with van der Waals surface area (Å²) in [5.41, 5.74) is 4.87. The van der Waals surface area contributed by atoms with Gasteiger partial charge in [0.05, 0.1) is 24.9 Å². The number of morpholine rings is 1. The number of hydrogen-bond acceptors (Lipinski definition) is 5. The van der Waals surface area contributed by atoms with Gasteiger partial charge in [-0.15, -0.1) is 0 Å². The van der Waals surface area contributed by atoms with Gasteiger partial charge in [0.15, 0.2) is 5.13 Å². The lowest BCUT2D eigenvalue weighted by Gasteiger charge is -2.26. The molecule has 1 aromatic heterocycles. The molecule has 1 aliphatic carbocycles. The van der Waals surface area contributed by atoms with Gasteiger partial charge in [-0.2, -0.15) is 0 Å². The average molecular weight is 372 g/mol. The van der Waals surface area contributed by atoms with E-state index in [0.29, 0.717) is 4.88 Å². The zero-order valence-corrected chi connectivity index (χ0v) is 16.2. The quantitative estimate of drug-likeness (QED) is 0.896. The third-order valence-corrected chi connectivity index (χ3v) is 6.46. The summed E-state index contributed by atoms with van der Waals surface area (Å²) < 4.78 is 5.39. The van der Waals surface area contributed by atoms with Gasteiger partial charge < -0.3 is 15.0 Å². The van der Waals surface area contributed by atoms with Crippen molar-refractivity contribution in [1.82, 2.24) is 10.3 Å². The Morgan fingerprint density at radius 2 is 2.04 bits per heavy atom. The summed E-state index contributed by atoms with van der Waals surface area (Å²) in [6.45, 7) is 7.06. The van der Waals surface area contributed by atoms with Crippen molar-refractivity contribution >= 4 is 22.4 Å². The number of aromatic nitrogens is 1. The second-order valence-electron chi connectivity index (χ2n) is 7.09. The number of nitrogens with zero attached hydrogens (tertiary/aromatic N) is 2. The van der Waals surface area contributed by atoms with Crippen molar-refractivity contribution in [3.8, 4) is 0 Å². The molecular formula is C20H25N3O2S. The number of anilines is 1. The van der Waals surface area contributed by atoms with Crippen LogP contribution >= 0.6 is 11.3 Å². The van der Waals surface area contributed by atoms with E-state index >= 15 is 0 Å². The lowest BCUT2D eigenvalue weighted by atomic mass is 10.0. The van der Waals surface area contributed by atoms with Crippen LogP contribution < -0.4 is 10.2 Å². The van der Waals surface area contributed by atoms with Crippen LogP contribution in [0.1, 0.15) is 51.4 Å². The second-order valence-corrected chi connectivity index (χ2v) is 8.06. The molecule has 1 amide bonds. The summed E-state index contributed by atoms with van der Waals surface area (Å²) in [7, 11) is 0. The number of nitrogens with one attached hydrogen (secondary N) is 1. The van der Waals surface area contributed by atoms with Crippen LogP contribution in [0.3, 0.4) is 0 Å². The van der Waals surface area contributed by atoms with Gasteiger partial charge in [-0.25, -0.2) is 4.98 Å². The summed E-state index contributed by atoms with van der Waals surface area (Å²) in [4.78, 5) is 20.3. The Morgan fingerprint density at radius 3 is 2.85 bits per heavy atom. The molecule has 1 aliphatic heterocycles.